The summed E-state index contributed by atoms with van der Waals surface area (Å²) in [6.45, 7) is 1.77. The maximum absolute atomic E-state index is 11.8. The van der Waals surface area contributed by atoms with E-state index in [-0.39, 0.29) is 5.91 Å². The molecule has 94 valence electrons. The molecule has 1 amide bonds. The molecular formula is C15H17NO2. The maximum atomic E-state index is 11.8. The van der Waals surface area contributed by atoms with Gasteiger partial charge in [0, 0.05) is 19.5 Å². The molecule has 0 aliphatic heterocycles. The molecule has 0 spiro atoms. The van der Waals surface area contributed by atoms with Crippen molar-refractivity contribution in [1.82, 2.24) is 4.90 Å². The normalized spacial score (nSPS) is 12.2. The van der Waals surface area contributed by atoms with E-state index in [4.69, 9.17) is 4.74 Å². The minimum absolute atomic E-state index is 0.0389. The van der Waals surface area contributed by atoms with E-state index in [9.17, 15) is 4.79 Å². The van der Waals surface area contributed by atoms with Crippen LogP contribution in [-0.4, -0.2) is 31.0 Å². The zero-order valence-electron chi connectivity index (χ0n) is 10.9. The molecule has 0 unspecified atom stereocenters. The Kier molecular flexibility index (Phi) is 3.51. The first kappa shape index (κ1) is 12.4. The number of benzene rings is 2. The summed E-state index contributed by atoms with van der Waals surface area (Å²) in [6, 6.07) is 13.8. The van der Waals surface area contributed by atoms with Crippen molar-refractivity contribution in [2.75, 3.05) is 14.1 Å². The van der Waals surface area contributed by atoms with E-state index < -0.39 is 6.10 Å². The largest absolute Gasteiger partial charge is 0.480 e. The van der Waals surface area contributed by atoms with Crippen molar-refractivity contribution < 1.29 is 9.53 Å². The number of nitrogens with zero attached hydrogens (tertiary/aromatic N) is 1. The van der Waals surface area contributed by atoms with E-state index in [2.05, 4.69) is 0 Å². The van der Waals surface area contributed by atoms with Crippen LogP contribution in [0.5, 0.6) is 5.75 Å². The van der Waals surface area contributed by atoms with Gasteiger partial charge in [-0.1, -0.05) is 36.4 Å². The minimum Gasteiger partial charge on any atom is -0.480 e. The van der Waals surface area contributed by atoms with Crippen LogP contribution in [-0.2, 0) is 4.79 Å². The van der Waals surface area contributed by atoms with E-state index in [0.717, 1.165) is 16.5 Å². The molecule has 0 bridgehead atoms. The average Bonchev–Trinajstić information content (AvgIpc) is 2.38. The van der Waals surface area contributed by atoms with Crippen molar-refractivity contribution in [2.24, 2.45) is 0 Å². The summed E-state index contributed by atoms with van der Waals surface area (Å²) in [5.41, 5.74) is 0. The Morgan fingerprint density at radius 2 is 1.78 bits per heavy atom. The highest BCUT2D eigenvalue weighted by atomic mass is 16.5. The maximum Gasteiger partial charge on any atom is 0.262 e. The van der Waals surface area contributed by atoms with E-state index in [1.807, 2.05) is 42.5 Å². The standard InChI is InChI=1S/C15H17NO2/c1-11(15(17)16(2)3)18-14-10-6-8-12-7-4-5-9-13(12)14/h4-11H,1-3H3/t11-/m1/s1. The third-order valence-electron chi connectivity index (χ3n) is 2.84. The summed E-state index contributed by atoms with van der Waals surface area (Å²) in [6.07, 6.45) is -0.481. The molecule has 3 nitrogen and oxygen atoms in total. The fourth-order valence-electron chi connectivity index (χ4n) is 1.90. The summed E-state index contributed by atoms with van der Waals surface area (Å²) in [4.78, 5) is 13.3. The molecular weight excluding hydrogens is 226 g/mol. The van der Waals surface area contributed by atoms with Crippen molar-refractivity contribution in [3.8, 4) is 5.75 Å². The zero-order valence-corrected chi connectivity index (χ0v) is 10.9. The second kappa shape index (κ2) is 5.08. The van der Waals surface area contributed by atoms with Gasteiger partial charge in [-0.15, -0.1) is 0 Å². The lowest BCUT2D eigenvalue weighted by atomic mass is 10.1. The van der Waals surface area contributed by atoms with Crippen LogP contribution in [0.4, 0.5) is 0 Å². The molecule has 0 aliphatic rings. The highest BCUT2D eigenvalue weighted by Crippen LogP contribution is 2.26. The van der Waals surface area contributed by atoms with Gasteiger partial charge in [0.2, 0.25) is 0 Å². The van der Waals surface area contributed by atoms with Crippen molar-refractivity contribution >= 4 is 16.7 Å². The van der Waals surface area contributed by atoms with Crippen LogP contribution >= 0.6 is 0 Å². The van der Waals surface area contributed by atoms with Gasteiger partial charge in [-0.3, -0.25) is 4.79 Å². The first-order valence-electron chi connectivity index (χ1n) is 5.95. The van der Waals surface area contributed by atoms with Crippen LogP contribution in [0.15, 0.2) is 42.5 Å². The van der Waals surface area contributed by atoms with Gasteiger partial charge in [0.1, 0.15) is 5.75 Å². The summed E-state index contributed by atoms with van der Waals surface area (Å²) < 4.78 is 5.76. The molecule has 0 aliphatic carbocycles. The monoisotopic (exact) mass is 243 g/mol. The van der Waals surface area contributed by atoms with Crippen molar-refractivity contribution in [1.29, 1.82) is 0 Å². The molecule has 2 aromatic rings. The Hall–Kier alpha value is -2.03. The third-order valence-corrected chi connectivity index (χ3v) is 2.84. The Balaban J connectivity index is 2.29. The summed E-state index contributed by atoms with van der Waals surface area (Å²) in [7, 11) is 3.45. The molecule has 1 atom stereocenters. The Morgan fingerprint density at radius 1 is 1.11 bits per heavy atom. The number of rotatable bonds is 3. The van der Waals surface area contributed by atoms with E-state index in [1.165, 1.54) is 4.90 Å². The topological polar surface area (TPSA) is 29.5 Å². The lowest BCUT2D eigenvalue weighted by molar-refractivity contribution is -0.135. The Morgan fingerprint density at radius 3 is 2.50 bits per heavy atom. The second-order valence-electron chi connectivity index (χ2n) is 4.47. The average molecular weight is 243 g/mol. The summed E-state index contributed by atoms with van der Waals surface area (Å²) >= 11 is 0. The van der Waals surface area contributed by atoms with Crippen LogP contribution in [0.2, 0.25) is 0 Å². The molecule has 3 heteroatoms. The molecule has 18 heavy (non-hydrogen) atoms. The van der Waals surface area contributed by atoms with Crippen LogP contribution in [0.25, 0.3) is 10.8 Å². The van der Waals surface area contributed by atoms with Crippen LogP contribution in [0, 0.1) is 0 Å². The number of amides is 1. The van der Waals surface area contributed by atoms with Gasteiger partial charge in [0.25, 0.3) is 5.91 Å². The lowest BCUT2D eigenvalue weighted by Crippen LogP contribution is -2.35. The molecule has 0 saturated heterocycles. The SMILES string of the molecule is C[C@@H](Oc1cccc2ccccc12)C(=O)N(C)C. The number of carbonyl (C=O) groups is 1. The van der Waals surface area contributed by atoms with Gasteiger partial charge in [-0.25, -0.2) is 0 Å². The molecule has 0 N–H and O–H groups in total. The van der Waals surface area contributed by atoms with Crippen LogP contribution < -0.4 is 4.74 Å². The zero-order chi connectivity index (χ0) is 13.1. The number of ether oxygens (including phenoxy) is 1. The number of likely N-dealkylation sites (N-methyl/N-ethyl adjacent to an activating group) is 1. The summed E-state index contributed by atoms with van der Waals surface area (Å²) in [5.74, 6) is 0.707. The molecule has 2 aromatic carbocycles. The molecule has 0 fully saturated rings. The smallest absolute Gasteiger partial charge is 0.262 e. The molecule has 0 aromatic heterocycles. The van der Waals surface area contributed by atoms with Gasteiger partial charge in [0.15, 0.2) is 6.10 Å². The van der Waals surface area contributed by atoms with Crippen molar-refractivity contribution in [3.63, 3.8) is 0 Å². The number of hydrogen-bond donors (Lipinski definition) is 0. The third kappa shape index (κ3) is 2.45. The number of carbonyl (C=O) groups excluding carboxylic acids is 1. The Bertz CT molecular complexity index is 558. The number of fused-ring (bicyclic) bond motifs is 1. The minimum atomic E-state index is -0.481. The van der Waals surface area contributed by atoms with Gasteiger partial charge in [0.05, 0.1) is 0 Å². The molecule has 0 heterocycles. The molecule has 0 radical (unpaired) electrons. The lowest BCUT2D eigenvalue weighted by Gasteiger charge is -2.19. The number of hydrogen-bond acceptors (Lipinski definition) is 2. The van der Waals surface area contributed by atoms with Crippen molar-refractivity contribution in [3.05, 3.63) is 42.5 Å². The van der Waals surface area contributed by atoms with E-state index in [0.29, 0.717) is 0 Å². The van der Waals surface area contributed by atoms with Gasteiger partial charge < -0.3 is 9.64 Å². The highest BCUT2D eigenvalue weighted by molar-refractivity contribution is 5.89. The summed E-state index contributed by atoms with van der Waals surface area (Å²) in [5, 5.41) is 2.14. The fourth-order valence-corrected chi connectivity index (χ4v) is 1.90. The van der Waals surface area contributed by atoms with Gasteiger partial charge in [-0.2, -0.15) is 0 Å². The molecule has 0 saturated carbocycles. The fraction of sp³-hybridized carbons (Fsp3) is 0.267. The van der Waals surface area contributed by atoms with E-state index >= 15 is 0 Å². The van der Waals surface area contributed by atoms with E-state index in [1.54, 1.807) is 21.0 Å². The molecule has 2 rings (SSSR count). The van der Waals surface area contributed by atoms with Gasteiger partial charge >= 0.3 is 0 Å². The Labute approximate surface area is 107 Å². The quantitative estimate of drug-likeness (QED) is 0.829. The van der Waals surface area contributed by atoms with Gasteiger partial charge in [-0.05, 0) is 18.4 Å². The predicted octanol–water partition coefficient (Wildman–Crippen LogP) is 2.70. The second-order valence-corrected chi connectivity index (χ2v) is 4.47. The van der Waals surface area contributed by atoms with Crippen LogP contribution in [0.1, 0.15) is 6.92 Å². The highest BCUT2D eigenvalue weighted by Gasteiger charge is 2.17. The van der Waals surface area contributed by atoms with Crippen molar-refractivity contribution in [2.45, 2.75) is 13.0 Å². The van der Waals surface area contributed by atoms with Crippen LogP contribution in [0.3, 0.4) is 0 Å². The predicted molar refractivity (Wildman–Crippen MR) is 72.7 cm³/mol. The first-order chi connectivity index (χ1) is 8.59. The first-order valence-corrected chi connectivity index (χ1v) is 5.95.